The number of nitrogens with zero attached hydrogens (tertiary/aromatic N) is 1. The Kier molecular flexibility index (Phi) is 3.78. The van der Waals surface area contributed by atoms with Crippen LogP contribution in [0.4, 0.5) is 0 Å². The van der Waals surface area contributed by atoms with Crippen LogP contribution in [0, 0.1) is 5.92 Å². The molecule has 4 rings (SSSR count). The summed E-state index contributed by atoms with van der Waals surface area (Å²) in [5, 5.41) is 5.18. The van der Waals surface area contributed by atoms with Gasteiger partial charge in [-0.05, 0) is 36.5 Å². The van der Waals surface area contributed by atoms with Gasteiger partial charge in [-0.2, -0.15) is 0 Å². The zero-order valence-corrected chi connectivity index (χ0v) is 13.7. The van der Waals surface area contributed by atoms with Crippen LogP contribution < -0.4 is 10.6 Å². The number of hydrogen-bond acceptors (Lipinski definition) is 4. The quantitative estimate of drug-likeness (QED) is 0.779. The Balaban J connectivity index is 1.46. The van der Waals surface area contributed by atoms with Crippen molar-refractivity contribution in [3.05, 3.63) is 34.9 Å². The lowest BCUT2D eigenvalue weighted by molar-refractivity contribution is -0.137. The Morgan fingerprint density at radius 1 is 1.20 bits per heavy atom. The first-order valence-corrected chi connectivity index (χ1v) is 8.57. The summed E-state index contributed by atoms with van der Waals surface area (Å²) in [6, 6.07) is 4.96. The Morgan fingerprint density at radius 2 is 2.00 bits per heavy atom. The lowest BCUT2D eigenvalue weighted by Crippen LogP contribution is -2.52. The van der Waals surface area contributed by atoms with Gasteiger partial charge in [-0.25, -0.2) is 0 Å². The highest BCUT2D eigenvalue weighted by atomic mass is 16.2. The maximum absolute atomic E-state index is 12.7. The van der Waals surface area contributed by atoms with Gasteiger partial charge in [0.1, 0.15) is 6.04 Å². The monoisotopic (exact) mass is 341 g/mol. The molecular weight excluding hydrogens is 322 g/mol. The van der Waals surface area contributed by atoms with Gasteiger partial charge in [0.25, 0.3) is 5.91 Å². The van der Waals surface area contributed by atoms with Gasteiger partial charge < -0.3 is 10.2 Å². The van der Waals surface area contributed by atoms with E-state index in [-0.39, 0.29) is 30.1 Å². The SMILES string of the molecule is O=C1CCC(N2Cc3ccc(CNC(=O)C4CC4)cc3C2=O)C(=O)N1. The standard InChI is InChI=1S/C18H19N3O4/c22-15-6-5-14(17(24)20-15)21-9-12-2-1-10(7-13(12)18(21)25)8-19-16(23)11-3-4-11/h1-2,7,11,14H,3-6,8-9H2,(H,19,23)(H,20,22,24). The first-order chi connectivity index (χ1) is 12.0. The van der Waals surface area contributed by atoms with Crippen LogP contribution in [0.2, 0.25) is 0 Å². The molecule has 2 heterocycles. The van der Waals surface area contributed by atoms with Crippen molar-refractivity contribution in [3.8, 4) is 0 Å². The molecule has 25 heavy (non-hydrogen) atoms. The average Bonchev–Trinajstić information content (AvgIpc) is 3.39. The number of nitrogens with one attached hydrogen (secondary N) is 2. The topological polar surface area (TPSA) is 95.6 Å². The van der Waals surface area contributed by atoms with E-state index in [0.29, 0.717) is 25.1 Å². The van der Waals surface area contributed by atoms with Gasteiger partial charge in [-0.3, -0.25) is 24.5 Å². The summed E-state index contributed by atoms with van der Waals surface area (Å²) < 4.78 is 0. The van der Waals surface area contributed by atoms with E-state index in [2.05, 4.69) is 10.6 Å². The molecule has 1 aromatic carbocycles. The fraction of sp³-hybridized carbons (Fsp3) is 0.444. The summed E-state index contributed by atoms with van der Waals surface area (Å²) in [7, 11) is 0. The summed E-state index contributed by atoms with van der Waals surface area (Å²) in [6.07, 6.45) is 2.51. The van der Waals surface area contributed by atoms with Gasteiger partial charge in [0.2, 0.25) is 17.7 Å². The highest BCUT2D eigenvalue weighted by Gasteiger charge is 2.39. The van der Waals surface area contributed by atoms with Crippen molar-refractivity contribution in [3.63, 3.8) is 0 Å². The maximum atomic E-state index is 12.7. The molecule has 0 bridgehead atoms. The molecule has 2 N–H and O–H groups in total. The van der Waals surface area contributed by atoms with E-state index in [9.17, 15) is 19.2 Å². The highest BCUT2D eigenvalue weighted by molar-refractivity contribution is 6.05. The lowest BCUT2D eigenvalue weighted by atomic mass is 10.0. The van der Waals surface area contributed by atoms with Crippen molar-refractivity contribution in [2.75, 3.05) is 0 Å². The van der Waals surface area contributed by atoms with Gasteiger partial charge in [-0.15, -0.1) is 0 Å². The minimum absolute atomic E-state index is 0.0667. The molecule has 1 unspecified atom stereocenters. The van der Waals surface area contributed by atoms with Crippen LogP contribution in [0.5, 0.6) is 0 Å². The highest BCUT2D eigenvalue weighted by Crippen LogP contribution is 2.30. The van der Waals surface area contributed by atoms with Gasteiger partial charge in [-0.1, -0.05) is 12.1 Å². The number of imide groups is 1. The van der Waals surface area contributed by atoms with E-state index in [1.807, 2.05) is 12.1 Å². The molecule has 7 heteroatoms. The number of rotatable bonds is 4. The predicted octanol–water partition coefficient (Wildman–Crippen LogP) is 0.474. The molecule has 1 atom stereocenters. The normalized spacial score (nSPS) is 22.6. The second-order valence-corrected chi connectivity index (χ2v) is 6.88. The van der Waals surface area contributed by atoms with Gasteiger partial charge in [0, 0.05) is 31.0 Å². The van der Waals surface area contributed by atoms with Crippen LogP contribution in [-0.2, 0) is 27.5 Å². The number of benzene rings is 1. The number of carbonyl (C=O) groups is 4. The summed E-state index contributed by atoms with van der Waals surface area (Å²) in [6.45, 7) is 0.767. The Bertz CT molecular complexity index is 785. The molecule has 3 aliphatic rings. The molecule has 2 aliphatic heterocycles. The second-order valence-electron chi connectivity index (χ2n) is 6.88. The van der Waals surface area contributed by atoms with Crippen LogP contribution in [0.3, 0.4) is 0 Å². The molecule has 1 saturated carbocycles. The van der Waals surface area contributed by atoms with Crippen LogP contribution in [0.15, 0.2) is 18.2 Å². The van der Waals surface area contributed by atoms with Crippen molar-refractivity contribution in [1.29, 1.82) is 0 Å². The minimum Gasteiger partial charge on any atom is -0.352 e. The van der Waals surface area contributed by atoms with E-state index in [0.717, 1.165) is 24.0 Å². The zero-order valence-electron chi connectivity index (χ0n) is 13.7. The fourth-order valence-electron chi connectivity index (χ4n) is 3.39. The minimum atomic E-state index is -0.601. The number of amides is 4. The van der Waals surface area contributed by atoms with Crippen LogP contribution in [0.1, 0.15) is 47.2 Å². The van der Waals surface area contributed by atoms with Gasteiger partial charge >= 0.3 is 0 Å². The fourth-order valence-corrected chi connectivity index (χ4v) is 3.39. The third-order valence-corrected chi connectivity index (χ3v) is 5.01. The molecule has 2 fully saturated rings. The van der Waals surface area contributed by atoms with Gasteiger partial charge in [0.15, 0.2) is 0 Å². The van der Waals surface area contributed by atoms with Crippen molar-refractivity contribution < 1.29 is 19.2 Å². The number of hydrogen-bond donors (Lipinski definition) is 2. The summed E-state index contributed by atoms with van der Waals surface area (Å²) in [5.74, 6) is -0.677. The number of piperidine rings is 1. The van der Waals surface area contributed by atoms with Crippen LogP contribution in [-0.4, -0.2) is 34.6 Å². The molecule has 0 aromatic heterocycles. The average molecular weight is 341 g/mol. The second kappa shape index (κ2) is 5.98. The molecule has 0 radical (unpaired) electrons. The lowest BCUT2D eigenvalue weighted by Gasteiger charge is -2.29. The molecular formula is C18H19N3O4. The van der Waals surface area contributed by atoms with Crippen molar-refractivity contribution in [2.45, 2.75) is 44.8 Å². The molecule has 0 spiro atoms. The summed E-state index contributed by atoms with van der Waals surface area (Å²) in [4.78, 5) is 49.3. The molecule has 1 aromatic rings. The van der Waals surface area contributed by atoms with Crippen molar-refractivity contribution >= 4 is 23.6 Å². The summed E-state index contributed by atoms with van der Waals surface area (Å²) in [5.41, 5.74) is 2.31. The molecule has 4 amide bonds. The molecule has 7 nitrogen and oxygen atoms in total. The number of carbonyl (C=O) groups excluding carboxylic acids is 4. The Hall–Kier alpha value is -2.70. The third kappa shape index (κ3) is 3.01. The Morgan fingerprint density at radius 3 is 2.72 bits per heavy atom. The Labute approximate surface area is 144 Å². The van der Waals surface area contributed by atoms with E-state index in [1.54, 1.807) is 6.07 Å². The first-order valence-electron chi connectivity index (χ1n) is 8.57. The number of fused-ring (bicyclic) bond motifs is 1. The van der Waals surface area contributed by atoms with Crippen LogP contribution >= 0.6 is 0 Å². The molecule has 1 aliphatic carbocycles. The maximum Gasteiger partial charge on any atom is 0.255 e. The summed E-state index contributed by atoms with van der Waals surface area (Å²) >= 11 is 0. The largest absolute Gasteiger partial charge is 0.352 e. The van der Waals surface area contributed by atoms with Gasteiger partial charge in [0.05, 0.1) is 0 Å². The van der Waals surface area contributed by atoms with Crippen LogP contribution in [0.25, 0.3) is 0 Å². The van der Waals surface area contributed by atoms with E-state index >= 15 is 0 Å². The first kappa shape index (κ1) is 15.8. The predicted molar refractivity (Wildman–Crippen MR) is 87.1 cm³/mol. The van der Waals surface area contributed by atoms with E-state index in [1.165, 1.54) is 4.90 Å². The van der Waals surface area contributed by atoms with E-state index in [4.69, 9.17) is 0 Å². The van der Waals surface area contributed by atoms with E-state index < -0.39 is 11.9 Å². The zero-order chi connectivity index (χ0) is 17.6. The van der Waals surface area contributed by atoms with Crippen molar-refractivity contribution in [1.82, 2.24) is 15.5 Å². The smallest absolute Gasteiger partial charge is 0.255 e. The molecule has 1 saturated heterocycles. The molecule has 130 valence electrons. The van der Waals surface area contributed by atoms with Crippen molar-refractivity contribution in [2.24, 2.45) is 5.92 Å². The third-order valence-electron chi connectivity index (χ3n) is 5.01.